The fraction of sp³-hybridized carbons (Fsp3) is 0.250. The van der Waals surface area contributed by atoms with Crippen LogP contribution in [0.15, 0.2) is 38.5 Å². The molecule has 130 valence electrons. The number of aromatic nitrogens is 3. The maximum absolute atomic E-state index is 12.0. The number of esters is 1. The zero-order valence-electron chi connectivity index (χ0n) is 13.6. The molecule has 0 bridgehead atoms. The summed E-state index contributed by atoms with van der Waals surface area (Å²) in [4.78, 5) is 41.0. The van der Waals surface area contributed by atoms with Crippen molar-refractivity contribution in [1.29, 1.82) is 0 Å². The average molecular weight is 377 g/mol. The Morgan fingerprint density at radius 2 is 2.04 bits per heavy atom. The van der Waals surface area contributed by atoms with Gasteiger partial charge in [0.1, 0.15) is 11.6 Å². The molecule has 0 radical (unpaired) electrons. The predicted molar refractivity (Wildman–Crippen MR) is 95.9 cm³/mol. The summed E-state index contributed by atoms with van der Waals surface area (Å²) < 4.78 is 7.46. The van der Waals surface area contributed by atoms with Gasteiger partial charge in [0.25, 0.3) is 5.56 Å². The first kappa shape index (κ1) is 17.3. The Labute approximate surface area is 150 Å². The minimum absolute atomic E-state index is 0.0423. The van der Waals surface area contributed by atoms with Crippen molar-refractivity contribution in [3.05, 3.63) is 61.2 Å². The zero-order chi connectivity index (χ0) is 18.0. The number of thiophene rings is 1. The fourth-order valence-corrected chi connectivity index (χ4v) is 3.81. The van der Waals surface area contributed by atoms with Crippen LogP contribution in [-0.4, -0.2) is 20.1 Å². The molecule has 25 heavy (non-hydrogen) atoms. The third-order valence-corrected chi connectivity index (χ3v) is 5.55. The van der Waals surface area contributed by atoms with Crippen molar-refractivity contribution < 1.29 is 9.53 Å². The van der Waals surface area contributed by atoms with Crippen LogP contribution in [0.3, 0.4) is 0 Å². The molecule has 0 amide bonds. The summed E-state index contributed by atoms with van der Waals surface area (Å²) in [5, 5.41) is 4.66. The number of hydrogen-bond acceptors (Lipinski definition) is 7. The molecule has 0 saturated carbocycles. The van der Waals surface area contributed by atoms with Crippen LogP contribution < -0.4 is 11.2 Å². The first-order valence-electron chi connectivity index (χ1n) is 7.35. The highest BCUT2D eigenvalue weighted by atomic mass is 32.1. The van der Waals surface area contributed by atoms with Gasteiger partial charge in [0.05, 0.1) is 22.7 Å². The summed E-state index contributed by atoms with van der Waals surface area (Å²) in [6.07, 6.45) is 0.0423. The Morgan fingerprint density at radius 1 is 1.24 bits per heavy atom. The van der Waals surface area contributed by atoms with E-state index in [0.29, 0.717) is 11.4 Å². The molecule has 0 aliphatic carbocycles. The summed E-state index contributed by atoms with van der Waals surface area (Å²) in [6.45, 7) is -0.136. The first-order chi connectivity index (χ1) is 12.0. The van der Waals surface area contributed by atoms with Crippen molar-refractivity contribution in [2.24, 2.45) is 14.1 Å². The molecule has 0 aliphatic heterocycles. The predicted octanol–water partition coefficient (Wildman–Crippen LogP) is 1.55. The van der Waals surface area contributed by atoms with E-state index in [4.69, 9.17) is 4.74 Å². The second-order valence-corrected chi connectivity index (χ2v) is 7.14. The van der Waals surface area contributed by atoms with Gasteiger partial charge >= 0.3 is 11.7 Å². The maximum atomic E-state index is 12.0. The van der Waals surface area contributed by atoms with Crippen LogP contribution in [0.1, 0.15) is 11.4 Å². The summed E-state index contributed by atoms with van der Waals surface area (Å²) >= 11 is 3.06. The molecule has 0 aliphatic rings. The molecule has 3 aromatic rings. The number of nitrogens with zero attached hydrogens (tertiary/aromatic N) is 3. The van der Waals surface area contributed by atoms with Crippen molar-refractivity contribution in [3.8, 4) is 9.88 Å². The number of carbonyl (C=O) groups excluding carboxylic acids is 1. The minimum atomic E-state index is -0.462. The van der Waals surface area contributed by atoms with Crippen LogP contribution in [0.4, 0.5) is 0 Å². The van der Waals surface area contributed by atoms with Gasteiger partial charge in [-0.25, -0.2) is 9.78 Å². The van der Waals surface area contributed by atoms with E-state index >= 15 is 0 Å². The average Bonchev–Trinajstić information content (AvgIpc) is 3.26. The topological polar surface area (TPSA) is 83.2 Å². The molecule has 3 aromatic heterocycles. The van der Waals surface area contributed by atoms with E-state index in [1.54, 1.807) is 11.3 Å². The van der Waals surface area contributed by atoms with Gasteiger partial charge in [-0.3, -0.25) is 18.7 Å². The Hall–Kier alpha value is -2.52. The molecule has 0 N–H and O–H groups in total. The Kier molecular flexibility index (Phi) is 4.95. The SMILES string of the molecule is Cn1c(COC(=O)Cc2csc(-c3cccs3)n2)cc(=O)n(C)c1=O. The number of rotatable bonds is 5. The van der Waals surface area contributed by atoms with E-state index < -0.39 is 17.2 Å². The van der Waals surface area contributed by atoms with Crippen molar-refractivity contribution >= 4 is 28.6 Å². The van der Waals surface area contributed by atoms with Crippen LogP contribution in [0.2, 0.25) is 0 Å². The van der Waals surface area contributed by atoms with Gasteiger partial charge in [0, 0.05) is 25.5 Å². The molecular weight excluding hydrogens is 362 g/mol. The number of ether oxygens (including phenoxy) is 1. The van der Waals surface area contributed by atoms with Crippen molar-refractivity contribution in [1.82, 2.24) is 14.1 Å². The molecular formula is C16H15N3O4S2. The third-order valence-electron chi connectivity index (χ3n) is 3.62. The lowest BCUT2D eigenvalue weighted by Gasteiger charge is -2.09. The molecule has 3 heterocycles. The Bertz CT molecular complexity index is 1010. The van der Waals surface area contributed by atoms with Gasteiger partial charge in [-0.05, 0) is 11.4 Å². The lowest BCUT2D eigenvalue weighted by Crippen LogP contribution is -2.38. The summed E-state index contributed by atoms with van der Waals surface area (Å²) in [7, 11) is 2.92. The van der Waals surface area contributed by atoms with E-state index in [0.717, 1.165) is 14.5 Å². The Balaban J connectivity index is 1.64. The Morgan fingerprint density at radius 3 is 2.76 bits per heavy atom. The molecule has 0 atom stereocenters. The van der Waals surface area contributed by atoms with Crippen LogP contribution in [-0.2, 0) is 36.7 Å². The van der Waals surface area contributed by atoms with Crippen LogP contribution >= 0.6 is 22.7 Å². The number of hydrogen-bond donors (Lipinski definition) is 0. The smallest absolute Gasteiger partial charge is 0.330 e. The molecule has 7 nitrogen and oxygen atoms in total. The molecule has 0 saturated heterocycles. The van der Waals surface area contributed by atoms with E-state index in [9.17, 15) is 14.4 Å². The monoisotopic (exact) mass is 377 g/mol. The standard InChI is InChI=1S/C16H15N3O4S2/c1-18-11(7-13(20)19(2)16(18)22)8-23-14(21)6-10-9-25-15(17-10)12-4-3-5-24-12/h3-5,7,9H,6,8H2,1-2H3. The maximum Gasteiger partial charge on any atom is 0.330 e. The minimum Gasteiger partial charge on any atom is -0.459 e. The second kappa shape index (κ2) is 7.16. The molecule has 0 aromatic carbocycles. The van der Waals surface area contributed by atoms with Crippen molar-refractivity contribution in [2.45, 2.75) is 13.0 Å². The molecule has 0 unspecified atom stereocenters. The normalized spacial score (nSPS) is 10.8. The van der Waals surface area contributed by atoms with Gasteiger partial charge in [0.2, 0.25) is 0 Å². The van der Waals surface area contributed by atoms with Crippen molar-refractivity contribution in [3.63, 3.8) is 0 Å². The van der Waals surface area contributed by atoms with Crippen molar-refractivity contribution in [2.75, 3.05) is 0 Å². The highest BCUT2D eigenvalue weighted by Crippen LogP contribution is 2.27. The van der Waals surface area contributed by atoms with Gasteiger partial charge in [-0.15, -0.1) is 22.7 Å². The van der Waals surface area contributed by atoms with Gasteiger partial charge in [0.15, 0.2) is 0 Å². The molecule has 3 rings (SSSR count). The summed E-state index contributed by atoms with van der Waals surface area (Å²) in [5.41, 5.74) is 0.0862. The number of thiazole rings is 1. The second-order valence-electron chi connectivity index (χ2n) is 5.33. The van der Waals surface area contributed by atoms with E-state index in [1.165, 1.54) is 36.1 Å². The zero-order valence-corrected chi connectivity index (χ0v) is 15.2. The highest BCUT2D eigenvalue weighted by molar-refractivity contribution is 7.20. The fourth-order valence-electron chi connectivity index (χ4n) is 2.17. The molecule has 9 heteroatoms. The van der Waals surface area contributed by atoms with E-state index in [-0.39, 0.29) is 13.0 Å². The molecule has 0 spiro atoms. The lowest BCUT2D eigenvalue weighted by atomic mass is 10.3. The van der Waals surface area contributed by atoms with Crippen LogP contribution in [0.5, 0.6) is 0 Å². The lowest BCUT2D eigenvalue weighted by molar-refractivity contribution is -0.144. The van der Waals surface area contributed by atoms with E-state index in [1.807, 2.05) is 22.9 Å². The van der Waals surface area contributed by atoms with Gasteiger partial charge in [-0.1, -0.05) is 6.07 Å². The van der Waals surface area contributed by atoms with Gasteiger partial charge in [-0.2, -0.15) is 0 Å². The third kappa shape index (κ3) is 3.77. The highest BCUT2D eigenvalue weighted by Gasteiger charge is 2.12. The number of carbonyl (C=O) groups is 1. The van der Waals surface area contributed by atoms with Gasteiger partial charge < -0.3 is 4.74 Å². The molecule has 0 fully saturated rings. The quantitative estimate of drug-likeness (QED) is 0.630. The summed E-state index contributed by atoms with van der Waals surface area (Å²) in [6, 6.07) is 5.21. The van der Waals surface area contributed by atoms with Crippen LogP contribution in [0.25, 0.3) is 9.88 Å². The van der Waals surface area contributed by atoms with E-state index in [2.05, 4.69) is 4.98 Å². The van der Waals surface area contributed by atoms with Crippen LogP contribution in [0, 0.1) is 0 Å². The largest absolute Gasteiger partial charge is 0.459 e. The first-order valence-corrected chi connectivity index (χ1v) is 9.11. The summed E-state index contributed by atoms with van der Waals surface area (Å²) in [5.74, 6) is -0.462.